The molecule has 0 unspecified atom stereocenters. The van der Waals surface area contributed by atoms with Gasteiger partial charge in [-0.1, -0.05) is 0 Å². The summed E-state index contributed by atoms with van der Waals surface area (Å²) in [6.07, 6.45) is 1.86. The number of aryl methyl sites for hydroxylation is 2. The lowest BCUT2D eigenvalue weighted by atomic mass is 10.2. The number of hydrogen-bond donors (Lipinski definition) is 7. The summed E-state index contributed by atoms with van der Waals surface area (Å²) in [6.45, 7) is 2.22. The van der Waals surface area contributed by atoms with Crippen molar-refractivity contribution in [2.75, 3.05) is 25.2 Å². The van der Waals surface area contributed by atoms with Crippen LogP contribution in [-0.2, 0) is 9.53 Å². The van der Waals surface area contributed by atoms with Gasteiger partial charge in [0.2, 0.25) is 0 Å². The van der Waals surface area contributed by atoms with Gasteiger partial charge in [-0.05, 0) is 13.8 Å². The van der Waals surface area contributed by atoms with E-state index in [1.54, 1.807) is 6.92 Å². The summed E-state index contributed by atoms with van der Waals surface area (Å²) in [5, 5.41) is 56.9. The van der Waals surface area contributed by atoms with Crippen LogP contribution in [0.25, 0.3) is 11.9 Å². The fourth-order valence-corrected chi connectivity index (χ4v) is 3.41. The Morgan fingerprint density at radius 2 is 1.63 bits per heavy atom. The lowest BCUT2D eigenvalue weighted by Gasteiger charge is -2.06. The monoisotopic (exact) mass is 593 g/mol. The first-order valence-corrected chi connectivity index (χ1v) is 11.8. The normalized spacial score (nSPS) is 12.2. The van der Waals surface area contributed by atoms with Gasteiger partial charge >= 0.3 is 12.0 Å². The Hall–Kier alpha value is -6.45. The molecule has 0 radical (unpaired) electrons. The molecule has 10 N–H and O–H groups in total. The minimum Gasteiger partial charge on any atom is -0.479 e. The third kappa shape index (κ3) is 5.73. The SMILES string of the molecule is COC(=O)c1cn[nH]c1N=Nc1c(C)nn(-c2nc(O)nc(-n3nc(C)c(N=N/C(N)=C(/C=N)C(=O)CO)c3N)n2)c1N. The van der Waals surface area contributed by atoms with Crippen LogP contribution < -0.4 is 17.2 Å². The number of anilines is 2. The van der Waals surface area contributed by atoms with E-state index in [2.05, 4.69) is 60.5 Å². The number of aromatic hydroxyl groups is 1. The number of rotatable bonds is 10. The third-order valence-electron chi connectivity index (χ3n) is 5.50. The molecule has 0 bridgehead atoms. The number of aromatic nitrogens is 9. The summed E-state index contributed by atoms with van der Waals surface area (Å²) in [7, 11) is 1.20. The molecule has 0 saturated heterocycles. The zero-order chi connectivity index (χ0) is 31.4. The molecular weight excluding hydrogens is 570 g/mol. The van der Waals surface area contributed by atoms with Gasteiger partial charge in [0.25, 0.3) is 11.9 Å². The largest absolute Gasteiger partial charge is 0.479 e. The fraction of sp³-hybridized carbons (Fsp3) is 0.190. The minimum atomic E-state index is -0.879. The quantitative estimate of drug-likeness (QED) is 0.0555. The van der Waals surface area contributed by atoms with Gasteiger partial charge in [0.15, 0.2) is 40.4 Å². The van der Waals surface area contributed by atoms with E-state index in [-0.39, 0.29) is 63.2 Å². The predicted molar refractivity (Wildman–Crippen MR) is 145 cm³/mol. The van der Waals surface area contributed by atoms with Crippen molar-refractivity contribution < 1.29 is 24.5 Å². The van der Waals surface area contributed by atoms with Gasteiger partial charge in [0, 0.05) is 6.21 Å². The van der Waals surface area contributed by atoms with Crippen LogP contribution in [0.4, 0.5) is 28.8 Å². The van der Waals surface area contributed by atoms with E-state index in [9.17, 15) is 14.7 Å². The highest BCUT2D eigenvalue weighted by atomic mass is 16.5. The van der Waals surface area contributed by atoms with Crippen LogP contribution in [0.15, 0.2) is 38.0 Å². The molecule has 222 valence electrons. The van der Waals surface area contributed by atoms with Crippen molar-refractivity contribution >= 4 is 46.8 Å². The second-order valence-corrected chi connectivity index (χ2v) is 8.25. The van der Waals surface area contributed by atoms with Crippen molar-refractivity contribution in [3.8, 4) is 17.9 Å². The summed E-state index contributed by atoms with van der Waals surface area (Å²) < 4.78 is 6.74. The standard InChI is InChI=1S/C21H23N17O5/c1-7-12(30-32-14(23)9(4-22)11(40)6-39)15(24)37(35-7)19-27-20(29-21(42)28-19)38-16(25)13(8(2)36-38)31-34-17-10(5-26-33-17)18(41)43-3/h4-5,22,39H,6,23-25H2,1-3H3,(H,26,33)(H,27,28,29,42)/b14-9-,22-4?,32-30?,34-31?. The highest BCUT2D eigenvalue weighted by Gasteiger charge is 2.22. The first-order chi connectivity index (χ1) is 20.5. The zero-order valence-electron chi connectivity index (χ0n) is 22.6. The number of aliphatic hydroxyl groups excluding tert-OH is 1. The highest BCUT2D eigenvalue weighted by molar-refractivity contribution is 6.13. The molecule has 0 saturated carbocycles. The summed E-state index contributed by atoms with van der Waals surface area (Å²) in [4.78, 5) is 35.5. The number of methoxy groups -OCH3 is 1. The van der Waals surface area contributed by atoms with Crippen LogP contribution in [0.2, 0.25) is 0 Å². The van der Waals surface area contributed by atoms with Crippen LogP contribution in [0, 0.1) is 19.3 Å². The topological polar surface area (TPSA) is 338 Å². The van der Waals surface area contributed by atoms with E-state index in [1.807, 2.05) is 0 Å². The first-order valence-electron chi connectivity index (χ1n) is 11.8. The lowest BCUT2D eigenvalue weighted by molar-refractivity contribution is -0.117. The number of nitrogens with zero attached hydrogens (tertiary/aromatic N) is 12. The van der Waals surface area contributed by atoms with Gasteiger partial charge in [-0.2, -0.15) is 39.6 Å². The Morgan fingerprint density at radius 3 is 2.16 bits per heavy atom. The van der Waals surface area contributed by atoms with Crippen LogP contribution in [0.3, 0.4) is 0 Å². The Morgan fingerprint density at radius 1 is 1.05 bits per heavy atom. The molecule has 4 rings (SSSR count). The van der Waals surface area contributed by atoms with Crippen LogP contribution in [0.5, 0.6) is 6.01 Å². The van der Waals surface area contributed by atoms with Gasteiger partial charge in [-0.25, -0.2) is 4.79 Å². The Labute approximate surface area is 239 Å². The maximum absolute atomic E-state index is 11.9. The number of H-pyrrole nitrogens is 1. The number of carbonyl (C=O) groups excluding carboxylic acids is 2. The molecule has 4 aromatic heterocycles. The van der Waals surface area contributed by atoms with E-state index in [4.69, 9.17) is 27.7 Å². The summed E-state index contributed by atoms with van der Waals surface area (Å²) >= 11 is 0. The Bertz CT molecular complexity index is 1830. The molecule has 4 aromatic rings. The van der Waals surface area contributed by atoms with E-state index < -0.39 is 30.2 Å². The Balaban J connectivity index is 1.71. The lowest BCUT2D eigenvalue weighted by Crippen LogP contribution is -2.14. The van der Waals surface area contributed by atoms with Gasteiger partial charge in [0.1, 0.15) is 12.2 Å². The molecule has 0 aliphatic heterocycles. The van der Waals surface area contributed by atoms with Crippen LogP contribution >= 0.6 is 0 Å². The number of aliphatic hydroxyl groups is 1. The van der Waals surface area contributed by atoms with Crippen LogP contribution in [-0.4, -0.2) is 86.6 Å². The number of nitrogen functional groups attached to an aromatic ring is 2. The van der Waals surface area contributed by atoms with Crippen molar-refractivity contribution in [3.05, 3.63) is 34.5 Å². The van der Waals surface area contributed by atoms with Gasteiger partial charge in [0.05, 0.1) is 30.3 Å². The molecule has 0 aliphatic carbocycles. The summed E-state index contributed by atoms with van der Waals surface area (Å²) in [5.41, 5.74) is 18.4. The molecule has 0 aliphatic rings. The smallest absolute Gasteiger partial charge is 0.343 e. The number of ketones is 1. The highest BCUT2D eigenvalue weighted by Crippen LogP contribution is 2.32. The number of hydrogen-bond acceptors (Lipinski definition) is 19. The summed E-state index contributed by atoms with van der Waals surface area (Å²) in [6, 6.07) is -0.739. The minimum absolute atomic E-state index is 0.00690. The number of esters is 1. The molecule has 0 fully saturated rings. The number of ether oxygens (including phenoxy) is 1. The van der Waals surface area contributed by atoms with Crippen molar-refractivity contribution in [3.63, 3.8) is 0 Å². The molecule has 0 amide bonds. The van der Waals surface area contributed by atoms with Crippen LogP contribution in [0.1, 0.15) is 21.7 Å². The second-order valence-electron chi connectivity index (χ2n) is 8.25. The summed E-state index contributed by atoms with van der Waals surface area (Å²) in [5.74, 6) is -2.67. The predicted octanol–water partition coefficient (Wildman–Crippen LogP) is 0.120. The maximum atomic E-state index is 11.9. The molecule has 0 atom stereocenters. The average Bonchev–Trinajstić information content (AvgIpc) is 3.65. The van der Waals surface area contributed by atoms with Crippen molar-refractivity contribution in [2.24, 2.45) is 26.2 Å². The Kier molecular flexibility index (Phi) is 8.22. The number of azo groups is 2. The van der Waals surface area contributed by atoms with Gasteiger partial charge in [-0.3, -0.25) is 9.89 Å². The zero-order valence-corrected chi connectivity index (χ0v) is 22.6. The third-order valence-corrected chi connectivity index (χ3v) is 5.50. The number of aromatic amines is 1. The number of nitrogens with two attached hydrogens (primary N) is 3. The molecule has 0 spiro atoms. The van der Waals surface area contributed by atoms with Crippen molar-refractivity contribution in [1.82, 2.24) is 44.7 Å². The second kappa shape index (κ2) is 12.0. The first kappa shape index (κ1) is 29.5. The van der Waals surface area contributed by atoms with Gasteiger partial charge in [-0.15, -0.1) is 20.5 Å². The van der Waals surface area contributed by atoms with Crippen molar-refractivity contribution in [1.29, 1.82) is 5.41 Å². The number of Topliss-reactive ketones (excluding diaryl/α,β-unsaturated/α-hetero) is 1. The molecule has 4 heterocycles. The number of carbonyl (C=O) groups is 2. The van der Waals surface area contributed by atoms with Gasteiger partial charge < -0.3 is 37.6 Å². The average molecular weight is 594 g/mol. The van der Waals surface area contributed by atoms with E-state index in [0.29, 0.717) is 6.21 Å². The molecular formula is C21H23N17O5. The molecule has 43 heavy (non-hydrogen) atoms. The van der Waals surface area contributed by atoms with E-state index in [1.165, 1.54) is 20.2 Å². The maximum Gasteiger partial charge on any atom is 0.343 e. The van der Waals surface area contributed by atoms with E-state index >= 15 is 0 Å². The van der Waals surface area contributed by atoms with E-state index in [0.717, 1.165) is 9.36 Å². The number of nitrogens with one attached hydrogen (secondary N) is 2. The fourth-order valence-electron chi connectivity index (χ4n) is 3.41. The molecule has 22 heteroatoms. The van der Waals surface area contributed by atoms with Crippen molar-refractivity contribution in [2.45, 2.75) is 13.8 Å². The molecule has 0 aromatic carbocycles. The molecule has 22 nitrogen and oxygen atoms in total.